The van der Waals surface area contributed by atoms with E-state index in [2.05, 4.69) is 0 Å². The fraction of sp³-hybridized carbons (Fsp3) is 0.0400. The molecule has 152 valence electrons. The molecule has 31 heavy (non-hydrogen) atoms. The van der Waals surface area contributed by atoms with E-state index >= 15 is 0 Å². The first-order valence-electron chi connectivity index (χ1n) is 9.68. The lowest BCUT2D eigenvalue weighted by atomic mass is 10.1. The minimum atomic E-state index is -0.304. The molecule has 5 aromatic rings. The first kappa shape index (κ1) is 18.9. The summed E-state index contributed by atoms with van der Waals surface area (Å²) in [5.74, 6) is 0.132. The van der Waals surface area contributed by atoms with E-state index < -0.39 is 0 Å². The fourth-order valence-electron chi connectivity index (χ4n) is 3.48. The normalized spacial score (nSPS) is 11.1. The van der Waals surface area contributed by atoms with Crippen molar-refractivity contribution in [3.05, 3.63) is 96.6 Å². The van der Waals surface area contributed by atoms with Gasteiger partial charge in [-0.1, -0.05) is 6.07 Å². The van der Waals surface area contributed by atoms with Gasteiger partial charge in [-0.3, -0.25) is 0 Å². The Kier molecular flexibility index (Phi) is 4.67. The molecule has 6 heteroatoms. The molecule has 4 nitrogen and oxygen atoms in total. The van der Waals surface area contributed by atoms with E-state index in [-0.39, 0.29) is 11.6 Å². The molecule has 3 aromatic carbocycles. The van der Waals surface area contributed by atoms with Crippen LogP contribution in [0.25, 0.3) is 39.2 Å². The van der Waals surface area contributed by atoms with Gasteiger partial charge in [-0.25, -0.2) is 18.4 Å². The van der Waals surface area contributed by atoms with Crippen LogP contribution in [0, 0.1) is 11.6 Å². The number of fused-ring (bicyclic) bond motifs is 1. The van der Waals surface area contributed by atoms with Crippen molar-refractivity contribution in [2.75, 3.05) is 7.11 Å². The van der Waals surface area contributed by atoms with Gasteiger partial charge >= 0.3 is 0 Å². The Balaban J connectivity index is 1.68. The van der Waals surface area contributed by atoms with Gasteiger partial charge in [-0.05, 0) is 78.9 Å². The maximum atomic E-state index is 13.5. The molecule has 0 spiro atoms. The number of hydrogen-bond donors (Lipinski definition) is 0. The third kappa shape index (κ3) is 3.64. The summed E-state index contributed by atoms with van der Waals surface area (Å²) in [4.78, 5) is 4.72. The van der Waals surface area contributed by atoms with Gasteiger partial charge < -0.3 is 4.74 Å². The molecule has 0 fully saturated rings. The molecule has 2 aromatic heterocycles. The van der Waals surface area contributed by atoms with Crippen LogP contribution in [0.3, 0.4) is 0 Å². The summed E-state index contributed by atoms with van der Waals surface area (Å²) in [7, 11) is 1.61. The van der Waals surface area contributed by atoms with E-state index in [1.165, 1.54) is 24.3 Å². The highest BCUT2D eigenvalue weighted by Crippen LogP contribution is 2.30. The Hall–Kier alpha value is -4.06. The summed E-state index contributed by atoms with van der Waals surface area (Å²) in [6.07, 6.45) is 0. The highest BCUT2D eigenvalue weighted by Gasteiger charge is 2.15. The smallest absolute Gasteiger partial charge is 0.123 e. The van der Waals surface area contributed by atoms with Gasteiger partial charge in [0.2, 0.25) is 0 Å². The zero-order valence-corrected chi connectivity index (χ0v) is 16.6. The molecule has 0 aliphatic rings. The lowest BCUT2D eigenvalue weighted by molar-refractivity contribution is 0.414. The van der Waals surface area contributed by atoms with Gasteiger partial charge in [-0.15, -0.1) is 0 Å². The van der Waals surface area contributed by atoms with E-state index in [0.717, 1.165) is 28.1 Å². The molecule has 0 unspecified atom stereocenters. The quantitative estimate of drug-likeness (QED) is 0.361. The second-order valence-corrected chi connectivity index (χ2v) is 7.07. The summed E-state index contributed by atoms with van der Waals surface area (Å²) in [6.45, 7) is 0. The second kappa shape index (κ2) is 7.65. The molecule has 0 saturated heterocycles. The van der Waals surface area contributed by atoms with Crippen molar-refractivity contribution in [3.63, 3.8) is 0 Å². The molecule has 0 aliphatic heterocycles. The van der Waals surface area contributed by atoms with E-state index in [1.54, 1.807) is 30.0 Å². The number of benzene rings is 3. The van der Waals surface area contributed by atoms with Crippen molar-refractivity contribution in [2.24, 2.45) is 0 Å². The molecule has 0 atom stereocenters. The SMILES string of the molecule is COc1ccc(-n2nc(-c3ccc(F)cc3)cc2-c2ccc3cc(F)ccc3n2)cc1. The second-order valence-electron chi connectivity index (χ2n) is 7.07. The Morgan fingerprint density at radius 2 is 1.48 bits per heavy atom. The largest absolute Gasteiger partial charge is 0.497 e. The van der Waals surface area contributed by atoms with Gasteiger partial charge in [0.1, 0.15) is 17.4 Å². The molecule has 0 saturated carbocycles. The lowest BCUT2D eigenvalue weighted by Gasteiger charge is -2.09. The maximum Gasteiger partial charge on any atom is 0.123 e. The molecule has 0 amide bonds. The van der Waals surface area contributed by atoms with Crippen LogP contribution >= 0.6 is 0 Å². The monoisotopic (exact) mass is 413 g/mol. The first-order chi connectivity index (χ1) is 15.1. The summed E-state index contributed by atoms with van der Waals surface area (Å²) in [6, 6.07) is 23.8. The number of ether oxygens (including phenoxy) is 1. The molecular formula is C25H17F2N3O. The Morgan fingerprint density at radius 3 is 2.23 bits per heavy atom. The number of rotatable bonds is 4. The number of pyridine rings is 1. The van der Waals surface area contributed by atoms with Gasteiger partial charge in [-0.2, -0.15) is 5.10 Å². The Bertz CT molecular complexity index is 1380. The van der Waals surface area contributed by atoms with Crippen LogP contribution in [0.5, 0.6) is 5.75 Å². The number of methoxy groups -OCH3 is 1. The summed E-state index contributed by atoms with van der Waals surface area (Å²) in [5, 5.41) is 5.48. The van der Waals surface area contributed by atoms with Crippen molar-refractivity contribution in [3.8, 4) is 34.1 Å². The predicted molar refractivity (Wildman–Crippen MR) is 116 cm³/mol. The number of hydrogen-bond acceptors (Lipinski definition) is 3. The lowest BCUT2D eigenvalue weighted by Crippen LogP contribution is -2.00. The highest BCUT2D eigenvalue weighted by atomic mass is 19.1. The number of aromatic nitrogens is 3. The van der Waals surface area contributed by atoms with Crippen LogP contribution < -0.4 is 4.74 Å². The van der Waals surface area contributed by atoms with Crippen LogP contribution in [-0.4, -0.2) is 21.9 Å². The standard InChI is InChI=1S/C25H17F2N3O/c1-31-21-10-8-20(9-11-21)30-25(15-24(29-30)16-2-5-18(26)6-3-16)23-12-4-17-14-19(27)7-13-22(17)28-23/h2-15H,1H3. The number of halogens is 2. The summed E-state index contributed by atoms with van der Waals surface area (Å²) >= 11 is 0. The topological polar surface area (TPSA) is 39.9 Å². The van der Waals surface area contributed by atoms with Crippen LogP contribution in [0.15, 0.2) is 84.9 Å². The Labute approximate surface area is 177 Å². The molecule has 5 rings (SSSR count). The summed E-state index contributed by atoms with van der Waals surface area (Å²) in [5.41, 5.74) is 4.44. The van der Waals surface area contributed by atoms with Crippen molar-refractivity contribution >= 4 is 10.9 Å². The maximum absolute atomic E-state index is 13.5. The van der Waals surface area contributed by atoms with Crippen LogP contribution in [-0.2, 0) is 0 Å². The van der Waals surface area contributed by atoms with Gasteiger partial charge in [0.25, 0.3) is 0 Å². The van der Waals surface area contributed by atoms with E-state index in [0.29, 0.717) is 16.9 Å². The third-order valence-corrected chi connectivity index (χ3v) is 5.08. The van der Waals surface area contributed by atoms with Gasteiger partial charge in [0.05, 0.1) is 35.4 Å². The van der Waals surface area contributed by atoms with Gasteiger partial charge in [0.15, 0.2) is 0 Å². The minimum Gasteiger partial charge on any atom is -0.497 e. The van der Waals surface area contributed by atoms with Crippen LogP contribution in [0.4, 0.5) is 8.78 Å². The zero-order chi connectivity index (χ0) is 21.4. The average Bonchev–Trinajstić information content (AvgIpc) is 3.24. The Morgan fingerprint density at radius 1 is 0.742 bits per heavy atom. The predicted octanol–water partition coefficient (Wildman–Crippen LogP) is 6.04. The van der Waals surface area contributed by atoms with E-state index in [9.17, 15) is 8.78 Å². The van der Waals surface area contributed by atoms with Gasteiger partial charge in [0, 0.05) is 10.9 Å². The molecule has 0 radical (unpaired) electrons. The van der Waals surface area contributed by atoms with Crippen molar-refractivity contribution in [2.45, 2.75) is 0 Å². The molecule has 0 aliphatic carbocycles. The van der Waals surface area contributed by atoms with Crippen LogP contribution in [0.1, 0.15) is 0 Å². The van der Waals surface area contributed by atoms with Crippen molar-refractivity contribution in [1.29, 1.82) is 0 Å². The third-order valence-electron chi connectivity index (χ3n) is 5.08. The molecule has 2 heterocycles. The molecule has 0 N–H and O–H groups in total. The number of nitrogens with zero attached hydrogens (tertiary/aromatic N) is 3. The van der Waals surface area contributed by atoms with Crippen molar-refractivity contribution in [1.82, 2.24) is 14.8 Å². The van der Waals surface area contributed by atoms with E-state index in [4.69, 9.17) is 14.8 Å². The molecule has 0 bridgehead atoms. The van der Waals surface area contributed by atoms with Crippen molar-refractivity contribution < 1.29 is 13.5 Å². The highest BCUT2D eigenvalue weighted by molar-refractivity contribution is 5.82. The average molecular weight is 413 g/mol. The first-order valence-corrected chi connectivity index (χ1v) is 9.68. The van der Waals surface area contributed by atoms with Crippen LogP contribution in [0.2, 0.25) is 0 Å². The molecular weight excluding hydrogens is 396 g/mol. The minimum absolute atomic E-state index is 0.302. The zero-order valence-electron chi connectivity index (χ0n) is 16.6. The van der Waals surface area contributed by atoms with E-state index in [1.807, 2.05) is 42.5 Å². The fourth-order valence-corrected chi connectivity index (χ4v) is 3.48. The summed E-state index contributed by atoms with van der Waals surface area (Å²) < 4.78 is 34.0.